The lowest BCUT2D eigenvalue weighted by Gasteiger charge is -2.25. The standard InChI is InChI=1S/C23H29N3O5S2/c1-6-25(7-2)14-15-26(22(27)16-10-8-11-17(30-3)21(16)31-4)23-24-20-18(32-23)12-9-13-19(20)33(5,28)29/h8-13H,6-7,14-15H2,1-5H3. The molecule has 0 N–H and O–H groups in total. The van der Waals surface area contributed by atoms with Gasteiger partial charge in [0.15, 0.2) is 26.5 Å². The molecule has 8 nitrogen and oxygen atoms in total. The molecule has 178 valence electrons. The lowest BCUT2D eigenvalue weighted by molar-refractivity contribution is 0.0980. The molecule has 2 aromatic carbocycles. The lowest BCUT2D eigenvalue weighted by Crippen LogP contribution is -2.39. The van der Waals surface area contributed by atoms with Crippen LogP contribution in [0.4, 0.5) is 5.13 Å². The van der Waals surface area contributed by atoms with Gasteiger partial charge in [0.2, 0.25) is 0 Å². The molecule has 0 radical (unpaired) electrons. The Bertz CT molecular complexity index is 1240. The van der Waals surface area contributed by atoms with Gasteiger partial charge in [0.1, 0.15) is 5.52 Å². The predicted molar refractivity (Wildman–Crippen MR) is 132 cm³/mol. The molecule has 0 unspecified atom stereocenters. The average molecular weight is 492 g/mol. The van der Waals surface area contributed by atoms with Gasteiger partial charge in [-0.2, -0.15) is 0 Å². The third-order valence-electron chi connectivity index (χ3n) is 5.41. The Morgan fingerprint density at radius 2 is 1.73 bits per heavy atom. The van der Waals surface area contributed by atoms with Crippen molar-refractivity contribution in [3.63, 3.8) is 0 Å². The van der Waals surface area contributed by atoms with Gasteiger partial charge in [0, 0.05) is 19.3 Å². The minimum absolute atomic E-state index is 0.151. The molecular weight excluding hydrogens is 462 g/mol. The molecule has 33 heavy (non-hydrogen) atoms. The fourth-order valence-corrected chi connectivity index (χ4v) is 5.51. The van der Waals surface area contributed by atoms with E-state index >= 15 is 0 Å². The lowest BCUT2D eigenvalue weighted by atomic mass is 10.1. The molecule has 10 heteroatoms. The van der Waals surface area contributed by atoms with Crippen LogP contribution < -0.4 is 14.4 Å². The first-order chi connectivity index (χ1) is 15.7. The minimum Gasteiger partial charge on any atom is -0.493 e. The highest BCUT2D eigenvalue weighted by molar-refractivity contribution is 7.91. The molecule has 1 heterocycles. The number of amides is 1. The van der Waals surface area contributed by atoms with Crippen LogP contribution >= 0.6 is 11.3 Å². The molecule has 1 amide bonds. The van der Waals surface area contributed by atoms with Crippen LogP contribution in [-0.4, -0.2) is 70.9 Å². The van der Waals surface area contributed by atoms with Gasteiger partial charge in [-0.1, -0.05) is 37.3 Å². The van der Waals surface area contributed by atoms with Gasteiger partial charge >= 0.3 is 0 Å². The summed E-state index contributed by atoms with van der Waals surface area (Å²) in [5.41, 5.74) is 0.720. The first kappa shape index (κ1) is 24.9. The first-order valence-corrected chi connectivity index (χ1v) is 13.3. The highest BCUT2D eigenvalue weighted by Gasteiger charge is 2.27. The zero-order valence-corrected chi connectivity index (χ0v) is 21.1. The zero-order chi connectivity index (χ0) is 24.2. The van der Waals surface area contributed by atoms with Crippen LogP contribution in [0.3, 0.4) is 0 Å². The molecule has 0 aliphatic heterocycles. The number of aromatic nitrogens is 1. The fourth-order valence-electron chi connectivity index (χ4n) is 3.59. The number of thiazole rings is 1. The van der Waals surface area contributed by atoms with Crippen LogP contribution in [0.2, 0.25) is 0 Å². The highest BCUT2D eigenvalue weighted by Crippen LogP contribution is 2.36. The van der Waals surface area contributed by atoms with E-state index in [0.29, 0.717) is 45.5 Å². The number of carbonyl (C=O) groups is 1. The number of ether oxygens (including phenoxy) is 2. The normalized spacial score (nSPS) is 11.7. The Labute approximate surface area is 198 Å². The summed E-state index contributed by atoms with van der Waals surface area (Å²) in [5.74, 6) is 0.504. The van der Waals surface area contributed by atoms with Gasteiger partial charge < -0.3 is 14.4 Å². The molecule has 0 saturated heterocycles. The number of carbonyl (C=O) groups excluding carboxylic acids is 1. The van der Waals surface area contributed by atoms with Crippen molar-refractivity contribution < 1.29 is 22.7 Å². The molecular formula is C23H29N3O5S2. The molecule has 1 aromatic heterocycles. The van der Waals surface area contributed by atoms with E-state index in [4.69, 9.17) is 9.47 Å². The van der Waals surface area contributed by atoms with Gasteiger partial charge in [-0.15, -0.1) is 0 Å². The maximum atomic E-state index is 13.8. The number of sulfone groups is 1. The summed E-state index contributed by atoms with van der Waals surface area (Å²) in [5, 5.41) is 0.433. The van der Waals surface area contributed by atoms with Gasteiger partial charge in [0.25, 0.3) is 5.91 Å². The van der Waals surface area contributed by atoms with Crippen LogP contribution in [-0.2, 0) is 9.84 Å². The van der Waals surface area contributed by atoms with Gasteiger partial charge in [-0.05, 0) is 37.4 Å². The summed E-state index contributed by atoms with van der Waals surface area (Å²) in [6.45, 7) is 6.85. The third kappa shape index (κ3) is 5.29. The van der Waals surface area contributed by atoms with Crippen LogP contribution in [0.25, 0.3) is 10.2 Å². The molecule has 3 aromatic rings. The number of para-hydroxylation sites is 2. The maximum Gasteiger partial charge on any atom is 0.264 e. The Kier molecular flexibility index (Phi) is 7.93. The van der Waals surface area contributed by atoms with Crippen LogP contribution in [0.1, 0.15) is 24.2 Å². The second-order valence-electron chi connectivity index (χ2n) is 7.40. The van der Waals surface area contributed by atoms with Crippen molar-refractivity contribution in [2.45, 2.75) is 18.7 Å². The zero-order valence-electron chi connectivity index (χ0n) is 19.5. The summed E-state index contributed by atoms with van der Waals surface area (Å²) in [6, 6.07) is 10.2. The van der Waals surface area contributed by atoms with Gasteiger partial charge in [-0.25, -0.2) is 13.4 Å². The van der Waals surface area contributed by atoms with E-state index in [2.05, 4.69) is 23.7 Å². The Hall–Kier alpha value is -2.69. The van der Waals surface area contributed by atoms with Crippen LogP contribution in [0.5, 0.6) is 11.5 Å². The van der Waals surface area contributed by atoms with E-state index in [9.17, 15) is 13.2 Å². The Morgan fingerprint density at radius 1 is 1.03 bits per heavy atom. The number of nitrogens with zero attached hydrogens (tertiary/aromatic N) is 3. The topological polar surface area (TPSA) is 89.0 Å². The highest BCUT2D eigenvalue weighted by atomic mass is 32.2. The number of anilines is 1. The van der Waals surface area contributed by atoms with Gasteiger partial charge in [-0.3, -0.25) is 9.69 Å². The number of likely N-dealkylation sites (N-methyl/N-ethyl adjacent to an activating group) is 1. The quantitative estimate of drug-likeness (QED) is 0.427. The van der Waals surface area contributed by atoms with Crippen molar-refractivity contribution in [1.29, 1.82) is 0 Å². The second-order valence-corrected chi connectivity index (χ2v) is 10.4. The van der Waals surface area contributed by atoms with Crippen LogP contribution in [0, 0.1) is 0 Å². The van der Waals surface area contributed by atoms with Crippen molar-refractivity contribution in [3.8, 4) is 11.5 Å². The van der Waals surface area contributed by atoms with Crippen molar-refractivity contribution in [2.24, 2.45) is 0 Å². The molecule has 3 rings (SSSR count). The van der Waals surface area contributed by atoms with E-state index in [-0.39, 0.29) is 10.8 Å². The summed E-state index contributed by atoms with van der Waals surface area (Å²) in [7, 11) is -0.462. The summed E-state index contributed by atoms with van der Waals surface area (Å²) < 4.78 is 36.1. The SMILES string of the molecule is CCN(CC)CCN(C(=O)c1cccc(OC)c1OC)c1nc2c(S(C)(=O)=O)cccc2s1. The fraction of sp³-hybridized carbons (Fsp3) is 0.391. The summed E-state index contributed by atoms with van der Waals surface area (Å²) >= 11 is 1.29. The van der Waals surface area contributed by atoms with E-state index in [0.717, 1.165) is 19.3 Å². The molecule has 0 saturated carbocycles. The smallest absolute Gasteiger partial charge is 0.264 e. The third-order valence-corrected chi connectivity index (χ3v) is 7.59. The number of hydrogen-bond acceptors (Lipinski definition) is 8. The van der Waals surface area contributed by atoms with E-state index in [1.54, 1.807) is 29.2 Å². The van der Waals surface area contributed by atoms with Crippen molar-refractivity contribution >= 4 is 42.4 Å². The van der Waals surface area contributed by atoms with Crippen LogP contribution in [0.15, 0.2) is 41.3 Å². The van der Waals surface area contributed by atoms with Crippen molar-refractivity contribution in [1.82, 2.24) is 9.88 Å². The number of benzene rings is 2. The Balaban J connectivity index is 2.12. The molecule has 0 aliphatic carbocycles. The minimum atomic E-state index is -3.47. The number of rotatable bonds is 10. The largest absolute Gasteiger partial charge is 0.493 e. The van der Waals surface area contributed by atoms with Gasteiger partial charge in [0.05, 0.1) is 29.4 Å². The average Bonchev–Trinajstić information content (AvgIpc) is 3.24. The Morgan fingerprint density at radius 3 is 2.33 bits per heavy atom. The number of methoxy groups -OCH3 is 2. The molecule has 0 aliphatic rings. The second kappa shape index (κ2) is 10.5. The molecule has 0 fully saturated rings. The van der Waals surface area contributed by atoms with E-state index in [1.807, 2.05) is 6.07 Å². The monoisotopic (exact) mass is 491 g/mol. The van der Waals surface area contributed by atoms with Crippen molar-refractivity contribution in [3.05, 3.63) is 42.0 Å². The maximum absolute atomic E-state index is 13.8. The number of hydrogen-bond donors (Lipinski definition) is 0. The molecule has 0 bridgehead atoms. The van der Waals surface area contributed by atoms with E-state index in [1.165, 1.54) is 31.6 Å². The number of fused-ring (bicyclic) bond motifs is 1. The molecule has 0 spiro atoms. The summed E-state index contributed by atoms with van der Waals surface area (Å²) in [4.78, 5) is 22.3. The summed E-state index contributed by atoms with van der Waals surface area (Å²) in [6.07, 6.45) is 1.16. The first-order valence-electron chi connectivity index (χ1n) is 10.6. The predicted octanol–water partition coefficient (Wildman–Crippen LogP) is 3.71. The van der Waals surface area contributed by atoms with Crippen molar-refractivity contribution in [2.75, 3.05) is 51.6 Å². The molecule has 0 atom stereocenters. The van der Waals surface area contributed by atoms with E-state index < -0.39 is 9.84 Å².